The van der Waals surface area contributed by atoms with Crippen molar-refractivity contribution < 1.29 is 13.6 Å². The van der Waals surface area contributed by atoms with E-state index in [1.807, 2.05) is 30.3 Å². The average Bonchev–Trinajstić information content (AvgIpc) is 3.32. The highest BCUT2D eigenvalue weighted by molar-refractivity contribution is 6.11. The van der Waals surface area contributed by atoms with Crippen molar-refractivity contribution >= 4 is 27.8 Å². The molecule has 8 heteroatoms. The average molecular weight is 445 g/mol. The van der Waals surface area contributed by atoms with E-state index >= 15 is 0 Å². The number of aromatic nitrogens is 4. The molecule has 0 radical (unpaired) electrons. The Hall–Kier alpha value is -4.07. The molecule has 0 aliphatic heterocycles. The molecule has 0 bridgehead atoms. The minimum absolute atomic E-state index is 0.0243. The largest absolute Gasteiger partial charge is 0.347 e. The molecular formula is C25H21F2N5O. The van der Waals surface area contributed by atoms with Crippen molar-refractivity contribution in [3.05, 3.63) is 89.9 Å². The van der Waals surface area contributed by atoms with Crippen LogP contribution in [-0.2, 0) is 6.54 Å². The second-order valence-corrected chi connectivity index (χ2v) is 8.09. The zero-order chi connectivity index (χ0) is 23.1. The molecule has 3 aromatic heterocycles. The molecule has 0 saturated heterocycles. The quantitative estimate of drug-likeness (QED) is 0.406. The standard InChI is InChI=1S/C25H21F2N5O/c1-15(2)31-20-7-4-3-6-19(20)23-21(31)13-22(32(23)25-28-8-5-9-29-25)24(33)30-14-16-10-17(26)12-18(27)11-16/h3-13,15H,14H2,1-2H3,(H,30,33). The molecule has 0 atom stereocenters. The number of rotatable bonds is 5. The first-order chi connectivity index (χ1) is 15.9. The van der Waals surface area contributed by atoms with Gasteiger partial charge in [0.1, 0.15) is 17.3 Å². The zero-order valence-corrected chi connectivity index (χ0v) is 18.1. The van der Waals surface area contributed by atoms with Crippen LogP contribution in [0.5, 0.6) is 0 Å². The molecule has 3 heterocycles. The second-order valence-electron chi connectivity index (χ2n) is 8.09. The number of hydrogen-bond acceptors (Lipinski definition) is 3. The fourth-order valence-electron chi connectivity index (χ4n) is 4.28. The molecule has 0 spiro atoms. The number of carbonyl (C=O) groups excluding carboxylic acids is 1. The summed E-state index contributed by atoms with van der Waals surface area (Å²) in [5.41, 5.74) is 3.41. The van der Waals surface area contributed by atoms with Crippen LogP contribution in [0.1, 0.15) is 35.9 Å². The predicted octanol–water partition coefficient (Wildman–Crippen LogP) is 5.16. The van der Waals surface area contributed by atoms with Crippen LogP contribution in [-0.4, -0.2) is 25.0 Å². The molecule has 6 nitrogen and oxygen atoms in total. The van der Waals surface area contributed by atoms with E-state index in [0.29, 0.717) is 17.2 Å². The number of para-hydroxylation sites is 1. The van der Waals surface area contributed by atoms with E-state index in [1.165, 1.54) is 12.1 Å². The molecule has 166 valence electrons. The summed E-state index contributed by atoms with van der Waals surface area (Å²) in [5, 5.41) is 3.74. The smallest absolute Gasteiger partial charge is 0.268 e. The van der Waals surface area contributed by atoms with Gasteiger partial charge in [0.05, 0.1) is 16.6 Å². The fraction of sp³-hybridized carbons (Fsp3) is 0.160. The summed E-state index contributed by atoms with van der Waals surface area (Å²) in [7, 11) is 0. The summed E-state index contributed by atoms with van der Waals surface area (Å²) in [6, 6.07) is 14.8. The van der Waals surface area contributed by atoms with Crippen LogP contribution in [0.25, 0.3) is 27.9 Å². The van der Waals surface area contributed by atoms with Gasteiger partial charge < -0.3 is 9.88 Å². The molecule has 0 fully saturated rings. The summed E-state index contributed by atoms with van der Waals surface area (Å²) >= 11 is 0. The van der Waals surface area contributed by atoms with Crippen molar-refractivity contribution in [1.82, 2.24) is 24.4 Å². The monoisotopic (exact) mass is 445 g/mol. The topological polar surface area (TPSA) is 64.7 Å². The lowest BCUT2D eigenvalue weighted by molar-refractivity contribution is 0.0944. The fourth-order valence-corrected chi connectivity index (χ4v) is 4.28. The third kappa shape index (κ3) is 3.63. The van der Waals surface area contributed by atoms with Gasteiger partial charge in [-0.1, -0.05) is 18.2 Å². The van der Waals surface area contributed by atoms with E-state index in [1.54, 1.807) is 23.0 Å². The molecular weight excluding hydrogens is 424 g/mol. The molecule has 5 rings (SSSR count). The summed E-state index contributed by atoms with van der Waals surface area (Å²) in [5.74, 6) is -1.42. The van der Waals surface area contributed by atoms with Crippen molar-refractivity contribution in [1.29, 1.82) is 0 Å². The Morgan fingerprint density at radius 1 is 0.970 bits per heavy atom. The number of amides is 1. The molecule has 2 aromatic carbocycles. The molecule has 5 aromatic rings. The number of nitrogens with zero attached hydrogens (tertiary/aromatic N) is 4. The van der Waals surface area contributed by atoms with Crippen LogP contribution in [0.15, 0.2) is 67.0 Å². The van der Waals surface area contributed by atoms with Crippen LogP contribution in [0.2, 0.25) is 0 Å². The van der Waals surface area contributed by atoms with Crippen molar-refractivity contribution in [3.8, 4) is 5.95 Å². The number of hydrogen-bond donors (Lipinski definition) is 1. The molecule has 1 amide bonds. The van der Waals surface area contributed by atoms with Gasteiger partial charge in [-0.25, -0.2) is 18.7 Å². The first-order valence-corrected chi connectivity index (χ1v) is 10.6. The summed E-state index contributed by atoms with van der Waals surface area (Å²) in [6.45, 7) is 4.14. The maximum Gasteiger partial charge on any atom is 0.268 e. The van der Waals surface area contributed by atoms with Gasteiger partial charge in [0, 0.05) is 36.4 Å². The van der Waals surface area contributed by atoms with Gasteiger partial charge in [-0.2, -0.15) is 0 Å². The first kappa shape index (κ1) is 20.8. The number of benzene rings is 2. The highest BCUT2D eigenvalue weighted by Gasteiger charge is 2.24. The number of nitrogens with one attached hydrogen (secondary N) is 1. The Morgan fingerprint density at radius 3 is 2.36 bits per heavy atom. The van der Waals surface area contributed by atoms with Crippen LogP contribution in [0.3, 0.4) is 0 Å². The molecule has 1 N–H and O–H groups in total. The van der Waals surface area contributed by atoms with Gasteiger partial charge in [-0.05, 0) is 49.7 Å². The third-order valence-corrected chi connectivity index (χ3v) is 5.54. The highest BCUT2D eigenvalue weighted by Crippen LogP contribution is 2.35. The SMILES string of the molecule is CC(C)n1c2ccccc2c2c1cc(C(=O)NCc1cc(F)cc(F)c1)n2-c1ncccn1. The Kier molecular flexibility index (Phi) is 5.12. The van der Waals surface area contributed by atoms with Gasteiger partial charge in [-0.3, -0.25) is 9.36 Å². The maximum atomic E-state index is 13.6. The molecule has 33 heavy (non-hydrogen) atoms. The maximum absolute atomic E-state index is 13.6. The summed E-state index contributed by atoms with van der Waals surface area (Å²) in [6.07, 6.45) is 3.24. The highest BCUT2D eigenvalue weighted by atomic mass is 19.1. The Balaban J connectivity index is 1.67. The van der Waals surface area contributed by atoms with E-state index in [0.717, 1.165) is 28.0 Å². The second kappa shape index (κ2) is 8.12. The lowest BCUT2D eigenvalue weighted by Gasteiger charge is -2.11. The predicted molar refractivity (Wildman–Crippen MR) is 122 cm³/mol. The zero-order valence-electron chi connectivity index (χ0n) is 18.1. The van der Waals surface area contributed by atoms with E-state index in [4.69, 9.17) is 0 Å². The Morgan fingerprint density at radius 2 is 1.67 bits per heavy atom. The Bertz CT molecular complexity index is 1470. The normalized spacial score (nSPS) is 11.5. The van der Waals surface area contributed by atoms with Gasteiger partial charge in [-0.15, -0.1) is 0 Å². The molecule has 0 aliphatic carbocycles. The van der Waals surface area contributed by atoms with Crippen LogP contribution < -0.4 is 5.32 Å². The van der Waals surface area contributed by atoms with Crippen LogP contribution in [0.4, 0.5) is 8.78 Å². The minimum atomic E-state index is -0.691. The van der Waals surface area contributed by atoms with Gasteiger partial charge in [0.25, 0.3) is 5.91 Å². The Labute approximate surface area is 188 Å². The summed E-state index contributed by atoms with van der Waals surface area (Å²) < 4.78 is 31.0. The minimum Gasteiger partial charge on any atom is -0.347 e. The molecule has 0 aliphatic rings. The van der Waals surface area contributed by atoms with Gasteiger partial charge >= 0.3 is 0 Å². The van der Waals surface area contributed by atoms with E-state index in [-0.39, 0.29) is 12.6 Å². The van der Waals surface area contributed by atoms with Crippen LogP contribution in [0, 0.1) is 11.6 Å². The van der Waals surface area contributed by atoms with Crippen molar-refractivity contribution in [3.63, 3.8) is 0 Å². The van der Waals surface area contributed by atoms with Crippen molar-refractivity contribution in [2.24, 2.45) is 0 Å². The molecule has 0 unspecified atom stereocenters. The lowest BCUT2D eigenvalue weighted by Crippen LogP contribution is -2.25. The van der Waals surface area contributed by atoms with Crippen molar-refractivity contribution in [2.45, 2.75) is 26.4 Å². The van der Waals surface area contributed by atoms with Crippen molar-refractivity contribution in [2.75, 3.05) is 0 Å². The first-order valence-electron chi connectivity index (χ1n) is 10.6. The van der Waals surface area contributed by atoms with Crippen LogP contribution >= 0.6 is 0 Å². The number of carbonyl (C=O) groups is 1. The van der Waals surface area contributed by atoms with Gasteiger partial charge in [0.2, 0.25) is 5.95 Å². The van der Waals surface area contributed by atoms with E-state index < -0.39 is 17.5 Å². The number of halogens is 2. The summed E-state index contributed by atoms with van der Waals surface area (Å²) in [4.78, 5) is 22.0. The molecule has 0 saturated carbocycles. The van der Waals surface area contributed by atoms with E-state index in [9.17, 15) is 13.6 Å². The van der Waals surface area contributed by atoms with Gasteiger partial charge in [0.15, 0.2) is 0 Å². The third-order valence-electron chi connectivity index (χ3n) is 5.54. The van der Waals surface area contributed by atoms with E-state index in [2.05, 4.69) is 33.7 Å². The number of fused-ring (bicyclic) bond motifs is 3. The lowest BCUT2D eigenvalue weighted by atomic mass is 10.2.